The molecule has 1 aromatic carbocycles. The number of nitrogens with zero attached hydrogens (tertiary/aromatic N) is 2. The second kappa shape index (κ2) is 4.75. The fourth-order valence-electron chi connectivity index (χ4n) is 1.44. The second-order valence-electron chi connectivity index (χ2n) is 3.66. The molecule has 0 aliphatic rings. The molecule has 2 rings (SSSR count). The first-order chi connectivity index (χ1) is 7.75. The van der Waals surface area contributed by atoms with Crippen molar-refractivity contribution in [3.63, 3.8) is 0 Å². The highest BCUT2D eigenvalue weighted by Gasteiger charge is 2.00. The molecule has 2 aromatic rings. The maximum Gasteiger partial charge on any atom is 0.216 e. The molecule has 0 N–H and O–H groups in total. The highest BCUT2D eigenvalue weighted by Crippen LogP contribution is 2.11. The van der Waals surface area contributed by atoms with Crippen LogP contribution < -0.4 is 4.74 Å². The first-order valence-corrected chi connectivity index (χ1v) is 5.22. The highest BCUT2D eigenvalue weighted by molar-refractivity contribution is 5.25. The van der Waals surface area contributed by atoms with Crippen molar-refractivity contribution in [1.82, 2.24) is 9.97 Å². The van der Waals surface area contributed by atoms with E-state index in [0.717, 1.165) is 5.82 Å². The van der Waals surface area contributed by atoms with E-state index in [1.807, 2.05) is 19.1 Å². The van der Waals surface area contributed by atoms with E-state index in [1.165, 1.54) is 11.1 Å². The number of benzene rings is 1. The van der Waals surface area contributed by atoms with E-state index in [9.17, 15) is 0 Å². The summed E-state index contributed by atoms with van der Waals surface area (Å²) in [6.07, 6.45) is 1.70. The van der Waals surface area contributed by atoms with Gasteiger partial charge in [0.1, 0.15) is 12.4 Å². The normalized spacial score (nSPS) is 10.1. The lowest BCUT2D eigenvalue weighted by Gasteiger charge is -2.07. The van der Waals surface area contributed by atoms with Gasteiger partial charge < -0.3 is 4.74 Å². The van der Waals surface area contributed by atoms with Gasteiger partial charge in [0.15, 0.2) is 0 Å². The van der Waals surface area contributed by atoms with Gasteiger partial charge in [-0.2, -0.15) is 4.98 Å². The molecule has 0 fully saturated rings. The molecule has 0 atom stereocenters. The Morgan fingerprint density at radius 3 is 2.69 bits per heavy atom. The van der Waals surface area contributed by atoms with Gasteiger partial charge in [-0.3, -0.25) is 0 Å². The van der Waals surface area contributed by atoms with E-state index in [0.29, 0.717) is 12.5 Å². The van der Waals surface area contributed by atoms with Crippen molar-refractivity contribution in [2.45, 2.75) is 20.5 Å². The standard InChI is InChI=1S/C13H14N2O/c1-10-5-3-4-6-12(10)9-16-13-7-8-14-11(2)15-13/h3-8H,9H2,1-2H3. The summed E-state index contributed by atoms with van der Waals surface area (Å²) >= 11 is 0. The van der Waals surface area contributed by atoms with Crippen molar-refractivity contribution < 1.29 is 4.74 Å². The monoisotopic (exact) mass is 214 g/mol. The Hall–Kier alpha value is -1.90. The van der Waals surface area contributed by atoms with Gasteiger partial charge in [0, 0.05) is 12.3 Å². The summed E-state index contributed by atoms with van der Waals surface area (Å²) in [7, 11) is 0. The predicted octanol–water partition coefficient (Wildman–Crippen LogP) is 2.67. The van der Waals surface area contributed by atoms with Gasteiger partial charge in [0.2, 0.25) is 5.88 Å². The maximum absolute atomic E-state index is 5.60. The SMILES string of the molecule is Cc1nccc(OCc2ccccc2C)n1. The maximum atomic E-state index is 5.60. The van der Waals surface area contributed by atoms with Gasteiger partial charge >= 0.3 is 0 Å². The van der Waals surface area contributed by atoms with Crippen LogP contribution in [0.3, 0.4) is 0 Å². The number of rotatable bonds is 3. The van der Waals surface area contributed by atoms with Crippen LogP contribution in [0.15, 0.2) is 36.5 Å². The van der Waals surface area contributed by atoms with Crippen LogP contribution in [0.25, 0.3) is 0 Å². The number of aryl methyl sites for hydroxylation is 2. The van der Waals surface area contributed by atoms with Crippen molar-refractivity contribution in [2.24, 2.45) is 0 Å². The van der Waals surface area contributed by atoms with Crippen LogP contribution in [0.4, 0.5) is 0 Å². The summed E-state index contributed by atoms with van der Waals surface area (Å²) in [6, 6.07) is 9.93. The van der Waals surface area contributed by atoms with E-state index in [1.54, 1.807) is 12.3 Å². The Balaban J connectivity index is 2.05. The molecule has 0 unspecified atom stereocenters. The lowest BCUT2D eigenvalue weighted by atomic mass is 10.1. The Bertz CT molecular complexity index is 483. The van der Waals surface area contributed by atoms with Crippen LogP contribution in [0.5, 0.6) is 5.88 Å². The first-order valence-electron chi connectivity index (χ1n) is 5.22. The number of ether oxygens (including phenoxy) is 1. The summed E-state index contributed by atoms with van der Waals surface area (Å²) in [6.45, 7) is 4.47. The summed E-state index contributed by atoms with van der Waals surface area (Å²) in [5.74, 6) is 1.35. The number of hydrogen-bond donors (Lipinski definition) is 0. The van der Waals surface area contributed by atoms with Crippen molar-refractivity contribution in [1.29, 1.82) is 0 Å². The van der Waals surface area contributed by atoms with Crippen molar-refractivity contribution in [3.8, 4) is 5.88 Å². The average Bonchev–Trinajstić information content (AvgIpc) is 2.28. The Morgan fingerprint density at radius 2 is 1.94 bits per heavy atom. The van der Waals surface area contributed by atoms with E-state index in [-0.39, 0.29) is 0 Å². The molecular weight excluding hydrogens is 200 g/mol. The topological polar surface area (TPSA) is 35.0 Å². The molecule has 3 nitrogen and oxygen atoms in total. The van der Waals surface area contributed by atoms with E-state index < -0.39 is 0 Å². The van der Waals surface area contributed by atoms with Crippen LogP contribution >= 0.6 is 0 Å². The Kier molecular flexibility index (Phi) is 3.15. The van der Waals surface area contributed by atoms with Gasteiger partial charge in [-0.25, -0.2) is 4.98 Å². The smallest absolute Gasteiger partial charge is 0.216 e. The fraction of sp³-hybridized carbons (Fsp3) is 0.231. The van der Waals surface area contributed by atoms with Crippen LogP contribution in [0, 0.1) is 13.8 Å². The molecule has 0 aliphatic heterocycles. The molecule has 0 saturated carbocycles. The van der Waals surface area contributed by atoms with Gasteiger partial charge in [-0.15, -0.1) is 0 Å². The van der Waals surface area contributed by atoms with Crippen LogP contribution in [-0.4, -0.2) is 9.97 Å². The minimum Gasteiger partial charge on any atom is -0.473 e. The quantitative estimate of drug-likeness (QED) is 0.787. The molecule has 3 heteroatoms. The Labute approximate surface area is 95.1 Å². The molecule has 1 heterocycles. The summed E-state index contributed by atoms with van der Waals surface area (Å²) < 4.78 is 5.60. The van der Waals surface area contributed by atoms with Crippen LogP contribution in [-0.2, 0) is 6.61 Å². The lowest BCUT2D eigenvalue weighted by molar-refractivity contribution is 0.292. The van der Waals surface area contributed by atoms with E-state index in [4.69, 9.17) is 4.74 Å². The van der Waals surface area contributed by atoms with Crippen LogP contribution in [0.2, 0.25) is 0 Å². The predicted molar refractivity (Wildman–Crippen MR) is 62.3 cm³/mol. The molecule has 0 radical (unpaired) electrons. The molecular formula is C13H14N2O. The lowest BCUT2D eigenvalue weighted by Crippen LogP contribution is -2.00. The Morgan fingerprint density at radius 1 is 1.12 bits per heavy atom. The van der Waals surface area contributed by atoms with Crippen molar-refractivity contribution in [3.05, 3.63) is 53.5 Å². The molecule has 0 amide bonds. The number of hydrogen-bond acceptors (Lipinski definition) is 3. The zero-order chi connectivity index (χ0) is 11.4. The van der Waals surface area contributed by atoms with Gasteiger partial charge in [-0.1, -0.05) is 24.3 Å². The zero-order valence-electron chi connectivity index (χ0n) is 9.47. The molecule has 0 aliphatic carbocycles. The van der Waals surface area contributed by atoms with Crippen molar-refractivity contribution >= 4 is 0 Å². The van der Waals surface area contributed by atoms with E-state index in [2.05, 4.69) is 29.0 Å². The third kappa shape index (κ3) is 2.57. The number of aromatic nitrogens is 2. The summed E-state index contributed by atoms with van der Waals surface area (Å²) in [5, 5.41) is 0. The van der Waals surface area contributed by atoms with Gasteiger partial charge in [0.25, 0.3) is 0 Å². The average molecular weight is 214 g/mol. The molecule has 0 spiro atoms. The van der Waals surface area contributed by atoms with Gasteiger partial charge in [0.05, 0.1) is 0 Å². The molecule has 0 bridgehead atoms. The third-order valence-electron chi connectivity index (χ3n) is 2.39. The molecule has 0 saturated heterocycles. The van der Waals surface area contributed by atoms with E-state index >= 15 is 0 Å². The zero-order valence-corrected chi connectivity index (χ0v) is 9.47. The minimum atomic E-state index is 0.545. The van der Waals surface area contributed by atoms with Gasteiger partial charge in [-0.05, 0) is 25.0 Å². The summed E-state index contributed by atoms with van der Waals surface area (Å²) in [4.78, 5) is 8.21. The second-order valence-corrected chi connectivity index (χ2v) is 3.66. The third-order valence-corrected chi connectivity index (χ3v) is 2.39. The highest BCUT2D eigenvalue weighted by atomic mass is 16.5. The fourth-order valence-corrected chi connectivity index (χ4v) is 1.44. The minimum absolute atomic E-state index is 0.545. The van der Waals surface area contributed by atoms with Crippen LogP contribution in [0.1, 0.15) is 17.0 Å². The molecule has 82 valence electrons. The largest absolute Gasteiger partial charge is 0.473 e. The molecule has 1 aromatic heterocycles. The first kappa shape index (κ1) is 10.6. The van der Waals surface area contributed by atoms with Crippen molar-refractivity contribution in [2.75, 3.05) is 0 Å². The summed E-state index contributed by atoms with van der Waals surface area (Å²) in [5.41, 5.74) is 2.41. The molecule has 16 heavy (non-hydrogen) atoms.